The Hall–Kier alpha value is -2.45. The lowest BCUT2D eigenvalue weighted by Gasteiger charge is -2.14. The van der Waals surface area contributed by atoms with Gasteiger partial charge in [0, 0.05) is 17.3 Å². The van der Waals surface area contributed by atoms with Crippen molar-refractivity contribution < 1.29 is 17.8 Å². The first-order valence-corrected chi connectivity index (χ1v) is 11.7. The Labute approximate surface area is 171 Å². The minimum absolute atomic E-state index is 0.0447. The summed E-state index contributed by atoms with van der Waals surface area (Å²) in [5.41, 5.74) is 5.14. The standard InChI is InChI=1S/C21H26N4O3S/c1-15-20(16(2)25(22-15)19-9-10-29(26,27)14-19)13-24(3)12-18-11-21(28-23-18)17-7-5-4-6-8-17/h4-8,11,19H,9-10,12-14H2,1-3H3/p+1/t19-/m1/s1. The zero-order valence-electron chi connectivity index (χ0n) is 17.1. The third kappa shape index (κ3) is 4.28. The van der Waals surface area contributed by atoms with Crippen molar-refractivity contribution >= 4 is 9.84 Å². The summed E-state index contributed by atoms with van der Waals surface area (Å²) in [7, 11) is -0.815. The molecule has 4 rings (SSSR count). The molecular formula is C21H27N4O3S+. The maximum Gasteiger partial charge on any atom is 0.167 e. The first-order valence-electron chi connectivity index (χ1n) is 9.90. The van der Waals surface area contributed by atoms with Gasteiger partial charge in [0.25, 0.3) is 0 Å². The van der Waals surface area contributed by atoms with Crippen LogP contribution < -0.4 is 4.90 Å². The zero-order chi connectivity index (χ0) is 20.6. The van der Waals surface area contributed by atoms with Crippen LogP contribution in [0.15, 0.2) is 40.9 Å². The normalized spacial score (nSPS) is 19.5. The summed E-state index contributed by atoms with van der Waals surface area (Å²) in [6, 6.07) is 11.9. The first kappa shape index (κ1) is 19.8. The molecule has 2 atom stereocenters. The summed E-state index contributed by atoms with van der Waals surface area (Å²) in [4.78, 5) is 1.27. The maximum absolute atomic E-state index is 11.8. The maximum atomic E-state index is 11.8. The number of sulfone groups is 1. The number of aryl methyl sites for hydroxylation is 1. The minimum atomic E-state index is -2.93. The highest BCUT2D eigenvalue weighted by atomic mass is 32.2. The van der Waals surface area contributed by atoms with Crippen LogP contribution in [-0.2, 0) is 22.9 Å². The predicted octanol–water partition coefficient (Wildman–Crippen LogP) is 1.73. The number of nitrogens with one attached hydrogen (secondary N) is 1. The SMILES string of the molecule is Cc1nn([C@@H]2CCS(=O)(=O)C2)c(C)c1C[NH+](C)Cc1cc(-c2ccccc2)on1. The van der Waals surface area contributed by atoms with Gasteiger partial charge in [0.2, 0.25) is 0 Å². The van der Waals surface area contributed by atoms with E-state index in [-0.39, 0.29) is 17.5 Å². The van der Waals surface area contributed by atoms with Crippen molar-refractivity contribution in [2.45, 2.75) is 39.4 Å². The molecule has 1 aromatic carbocycles. The van der Waals surface area contributed by atoms with E-state index in [0.29, 0.717) is 6.42 Å². The molecule has 0 amide bonds. The zero-order valence-corrected chi connectivity index (χ0v) is 17.9. The second kappa shape index (κ2) is 7.76. The van der Waals surface area contributed by atoms with Crippen molar-refractivity contribution in [1.29, 1.82) is 0 Å². The molecule has 0 bridgehead atoms. The van der Waals surface area contributed by atoms with Crippen LogP contribution in [0.3, 0.4) is 0 Å². The number of rotatable bonds is 6. The summed E-state index contributed by atoms with van der Waals surface area (Å²) in [6.07, 6.45) is 0.646. The third-order valence-corrected chi connectivity index (χ3v) is 7.36. The Bertz CT molecular complexity index is 1100. The summed E-state index contributed by atoms with van der Waals surface area (Å²) in [5, 5.41) is 8.89. The van der Waals surface area contributed by atoms with E-state index < -0.39 is 9.84 Å². The van der Waals surface area contributed by atoms with Crippen molar-refractivity contribution in [2.24, 2.45) is 0 Å². The van der Waals surface area contributed by atoms with Gasteiger partial charge in [-0.25, -0.2) is 8.42 Å². The van der Waals surface area contributed by atoms with Gasteiger partial charge in [0.15, 0.2) is 15.6 Å². The highest BCUT2D eigenvalue weighted by molar-refractivity contribution is 7.91. The molecule has 0 radical (unpaired) electrons. The third-order valence-electron chi connectivity index (χ3n) is 5.61. The van der Waals surface area contributed by atoms with Crippen LogP contribution in [0, 0.1) is 13.8 Å². The van der Waals surface area contributed by atoms with Crippen molar-refractivity contribution in [3.63, 3.8) is 0 Å². The van der Waals surface area contributed by atoms with E-state index in [1.165, 1.54) is 10.5 Å². The minimum Gasteiger partial charge on any atom is -0.356 e. The molecule has 29 heavy (non-hydrogen) atoms. The van der Waals surface area contributed by atoms with E-state index >= 15 is 0 Å². The molecule has 0 saturated carbocycles. The Morgan fingerprint density at radius 3 is 2.66 bits per heavy atom. The average Bonchev–Trinajstić information content (AvgIpc) is 3.36. The molecule has 3 heterocycles. The molecule has 3 aromatic rings. The van der Waals surface area contributed by atoms with Crippen LogP contribution >= 0.6 is 0 Å². The van der Waals surface area contributed by atoms with Crippen molar-refractivity contribution in [3.8, 4) is 11.3 Å². The van der Waals surface area contributed by atoms with Gasteiger partial charge >= 0.3 is 0 Å². The van der Waals surface area contributed by atoms with E-state index in [2.05, 4.69) is 17.3 Å². The van der Waals surface area contributed by atoms with Crippen LogP contribution in [0.2, 0.25) is 0 Å². The number of benzene rings is 1. The highest BCUT2D eigenvalue weighted by Crippen LogP contribution is 2.26. The summed E-state index contributed by atoms with van der Waals surface area (Å²) in [5.74, 6) is 1.22. The smallest absolute Gasteiger partial charge is 0.167 e. The van der Waals surface area contributed by atoms with Gasteiger partial charge in [-0.3, -0.25) is 4.68 Å². The molecule has 7 nitrogen and oxygen atoms in total. The number of hydrogen-bond acceptors (Lipinski definition) is 5. The number of hydrogen-bond donors (Lipinski definition) is 1. The van der Waals surface area contributed by atoms with E-state index in [0.717, 1.165) is 41.5 Å². The van der Waals surface area contributed by atoms with Crippen LogP contribution in [0.4, 0.5) is 0 Å². The number of quaternary nitrogens is 1. The Morgan fingerprint density at radius 1 is 1.21 bits per heavy atom. The molecule has 1 unspecified atom stereocenters. The quantitative estimate of drug-likeness (QED) is 0.663. The number of nitrogens with zero attached hydrogens (tertiary/aromatic N) is 3. The molecule has 154 valence electrons. The van der Waals surface area contributed by atoms with Crippen molar-refractivity contribution in [2.75, 3.05) is 18.6 Å². The monoisotopic (exact) mass is 415 g/mol. The summed E-state index contributed by atoms with van der Waals surface area (Å²) < 4.78 is 31.1. The van der Waals surface area contributed by atoms with Gasteiger partial charge in [0.1, 0.15) is 18.8 Å². The van der Waals surface area contributed by atoms with Gasteiger partial charge in [-0.15, -0.1) is 0 Å². The molecule has 0 spiro atoms. The fourth-order valence-corrected chi connectivity index (χ4v) is 5.78. The van der Waals surface area contributed by atoms with Crippen LogP contribution in [0.25, 0.3) is 11.3 Å². The van der Waals surface area contributed by atoms with Gasteiger partial charge < -0.3 is 9.42 Å². The van der Waals surface area contributed by atoms with E-state index in [9.17, 15) is 8.42 Å². The lowest BCUT2D eigenvalue weighted by Crippen LogP contribution is -3.06. The molecule has 1 N–H and O–H groups in total. The molecule has 0 aliphatic carbocycles. The Kier molecular flexibility index (Phi) is 5.31. The fourth-order valence-electron chi connectivity index (χ4n) is 4.08. The Morgan fingerprint density at radius 2 is 1.97 bits per heavy atom. The second-order valence-electron chi connectivity index (χ2n) is 8.01. The highest BCUT2D eigenvalue weighted by Gasteiger charge is 2.31. The van der Waals surface area contributed by atoms with Gasteiger partial charge in [-0.2, -0.15) is 5.10 Å². The topological polar surface area (TPSA) is 82.4 Å². The van der Waals surface area contributed by atoms with Crippen molar-refractivity contribution in [3.05, 3.63) is 59.0 Å². The molecule has 1 saturated heterocycles. The summed E-state index contributed by atoms with van der Waals surface area (Å²) in [6.45, 7) is 5.57. The average molecular weight is 416 g/mol. The van der Waals surface area contributed by atoms with Crippen LogP contribution in [0.1, 0.15) is 35.1 Å². The van der Waals surface area contributed by atoms with Crippen molar-refractivity contribution in [1.82, 2.24) is 14.9 Å². The Balaban J connectivity index is 1.45. The molecule has 1 fully saturated rings. The largest absolute Gasteiger partial charge is 0.356 e. The molecule has 1 aliphatic heterocycles. The first-order chi connectivity index (χ1) is 13.8. The van der Waals surface area contributed by atoms with E-state index in [4.69, 9.17) is 4.52 Å². The van der Waals surface area contributed by atoms with E-state index in [1.807, 2.05) is 54.9 Å². The van der Waals surface area contributed by atoms with Gasteiger partial charge in [-0.1, -0.05) is 35.5 Å². The lowest BCUT2D eigenvalue weighted by atomic mass is 10.1. The molecule has 2 aromatic heterocycles. The van der Waals surface area contributed by atoms with Gasteiger partial charge in [0.05, 0.1) is 35.9 Å². The molecular weight excluding hydrogens is 388 g/mol. The van der Waals surface area contributed by atoms with Crippen LogP contribution in [0.5, 0.6) is 0 Å². The molecule has 1 aliphatic rings. The molecule has 8 heteroatoms. The summed E-state index contributed by atoms with van der Waals surface area (Å²) >= 11 is 0. The second-order valence-corrected chi connectivity index (χ2v) is 10.2. The van der Waals surface area contributed by atoms with E-state index in [1.54, 1.807) is 0 Å². The van der Waals surface area contributed by atoms with Gasteiger partial charge in [-0.05, 0) is 20.3 Å². The fraction of sp³-hybridized carbons (Fsp3) is 0.429. The number of aromatic nitrogens is 3. The lowest BCUT2D eigenvalue weighted by molar-refractivity contribution is -0.908. The predicted molar refractivity (Wildman–Crippen MR) is 110 cm³/mol. The van der Waals surface area contributed by atoms with Crippen LogP contribution in [-0.4, -0.2) is 41.9 Å².